The van der Waals surface area contributed by atoms with Gasteiger partial charge in [0, 0.05) is 12.4 Å². The summed E-state index contributed by atoms with van der Waals surface area (Å²) in [5.41, 5.74) is 2.09. The fourth-order valence-corrected chi connectivity index (χ4v) is 2.64. The number of nitrogens with zero attached hydrogens (tertiary/aromatic N) is 4. The fraction of sp³-hybridized carbons (Fsp3) is 0.176. The van der Waals surface area contributed by atoms with Crippen LogP contribution >= 0.6 is 11.6 Å². The number of hydrogen-bond donors (Lipinski definition) is 2. The number of benzene rings is 1. The van der Waals surface area contributed by atoms with Crippen LogP contribution in [0.3, 0.4) is 0 Å². The number of carboxylic acid groups (broad SMARTS) is 1. The highest BCUT2D eigenvalue weighted by molar-refractivity contribution is 6.33. The maximum absolute atomic E-state index is 12.1. The van der Waals surface area contributed by atoms with E-state index in [9.17, 15) is 9.59 Å². The van der Waals surface area contributed by atoms with Gasteiger partial charge in [0.2, 0.25) is 5.91 Å². The molecule has 9 heteroatoms. The predicted molar refractivity (Wildman–Crippen MR) is 95.3 cm³/mol. The average molecular weight is 374 g/mol. The summed E-state index contributed by atoms with van der Waals surface area (Å²) < 4.78 is 2.87. The molecule has 0 bridgehead atoms. The van der Waals surface area contributed by atoms with Crippen molar-refractivity contribution in [2.45, 2.75) is 20.0 Å². The standard InChI is InChI=1S/C17H16ClN5O3/c1-11-3-2-4-12(7-11)8-23-9-13(18)16(21-23)19-15(24)10-22-6-5-14(20-22)17(25)26/h2-7,9H,8,10H2,1H3,(H,25,26)(H,19,21,24). The normalized spacial score (nSPS) is 10.7. The van der Waals surface area contributed by atoms with Crippen molar-refractivity contribution < 1.29 is 14.7 Å². The van der Waals surface area contributed by atoms with Gasteiger partial charge in [-0.2, -0.15) is 10.2 Å². The van der Waals surface area contributed by atoms with E-state index in [4.69, 9.17) is 16.7 Å². The van der Waals surface area contributed by atoms with E-state index in [0.717, 1.165) is 11.1 Å². The Hall–Kier alpha value is -3.13. The molecule has 0 saturated heterocycles. The molecule has 0 fully saturated rings. The molecule has 134 valence electrons. The fourth-order valence-electron chi connectivity index (χ4n) is 2.44. The summed E-state index contributed by atoms with van der Waals surface area (Å²) in [5, 5.41) is 19.8. The minimum atomic E-state index is -1.15. The Morgan fingerprint density at radius 1 is 1.23 bits per heavy atom. The molecule has 0 radical (unpaired) electrons. The number of rotatable bonds is 6. The monoisotopic (exact) mass is 373 g/mol. The number of carboxylic acids is 1. The molecule has 1 amide bonds. The zero-order valence-corrected chi connectivity index (χ0v) is 14.6. The molecule has 0 aliphatic heterocycles. The van der Waals surface area contributed by atoms with Gasteiger partial charge in [0.05, 0.1) is 6.54 Å². The molecule has 3 aromatic rings. The van der Waals surface area contributed by atoms with Crippen LogP contribution in [0.15, 0.2) is 42.7 Å². The first-order valence-electron chi connectivity index (χ1n) is 7.76. The van der Waals surface area contributed by atoms with E-state index in [0.29, 0.717) is 11.6 Å². The Morgan fingerprint density at radius 3 is 2.73 bits per heavy atom. The molecule has 0 saturated carbocycles. The largest absolute Gasteiger partial charge is 0.476 e. The molecule has 2 aromatic heterocycles. The van der Waals surface area contributed by atoms with E-state index in [-0.39, 0.29) is 18.1 Å². The number of aryl methyl sites for hydroxylation is 1. The number of carbonyl (C=O) groups is 2. The second-order valence-electron chi connectivity index (χ2n) is 5.76. The Kier molecular flexibility index (Phi) is 5.04. The quantitative estimate of drug-likeness (QED) is 0.690. The lowest BCUT2D eigenvalue weighted by Crippen LogP contribution is -2.20. The lowest BCUT2D eigenvalue weighted by molar-refractivity contribution is -0.116. The summed E-state index contributed by atoms with van der Waals surface area (Å²) in [6.45, 7) is 2.39. The van der Waals surface area contributed by atoms with Gasteiger partial charge in [-0.25, -0.2) is 4.79 Å². The van der Waals surface area contributed by atoms with Crippen molar-refractivity contribution in [1.29, 1.82) is 0 Å². The van der Waals surface area contributed by atoms with Crippen molar-refractivity contribution in [2.75, 3.05) is 5.32 Å². The maximum atomic E-state index is 12.1. The maximum Gasteiger partial charge on any atom is 0.356 e. The van der Waals surface area contributed by atoms with Gasteiger partial charge in [-0.15, -0.1) is 0 Å². The van der Waals surface area contributed by atoms with Gasteiger partial charge in [0.25, 0.3) is 0 Å². The summed E-state index contributed by atoms with van der Waals surface area (Å²) in [7, 11) is 0. The Labute approximate surface area is 154 Å². The Bertz CT molecular complexity index is 963. The van der Waals surface area contributed by atoms with Crippen LogP contribution in [-0.2, 0) is 17.9 Å². The highest BCUT2D eigenvalue weighted by Crippen LogP contribution is 2.20. The number of aromatic carboxylic acids is 1. The van der Waals surface area contributed by atoms with Gasteiger partial charge in [0.15, 0.2) is 11.5 Å². The molecule has 0 aliphatic rings. The number of aromatic nitrogens is 4. The number of halogens is 1. The predicted octanol–water partition coefficient (Wildman–Crippen LogP) is 2.43. The summed E-state index contributed by atoms with van der Waals surface area (Å²) in [6, 6.07) is 9.33. The number of nitrogens with one attached hydrogen (secondary N) is 1. The third-order valence-electron chi connectivity index (χ3n) is 3.57. The van der Waals surface area contributed by atoms with Crippen molar-refractivity contribution in [1.82, 2.24) is 19.6 Å². The van der Waals surface area contributed by atoms with E-state index in [1.165, 1.54) is 16.9 Å². The van der Waals surface area contributed by atoms with Gasteiger partial charge >= 0.3 is 5.97 Å². The first kappa shape index (κ1) is 17.7. The average Bonchev–Trinajstić information content (AvgIpc) is 3.15. The summed E-state index contributed by atoms with van der Waals surface area (Å²) >= 11 is 6.14. The second-order valence-corrected chi connectivity index (χ2v) is 6.17. The number of anilines is 1. The molecule has 2 N–H and O–H groups in total. The van der Waals surface area contributed by atoms with Crippen LogP contribution in [0.25, 0.3) is 0 Å². The third kappa shape index (κ3) is 4.28. The SMILES string of the molecule is Cc1cccc(Cn2cc(Cl)c(NC(=O)Cn3ccc(C(=O)O)n3)n2)c1. The van der Waals surface area contributed by atoms with Crippen molar-refractivity contribution in [3.05, 3.63) is 64.6 Å². The van der Waals surface area contributed by atoms with Crippen LogP contribution in [-0.4, -0.2) is 36.5 Å². The smallest absolute Gasteiger partial charge is 0.356 e. The molecule has 0 spiro atoms. The molecule has 2 heterocycles. The molecular formula is C17H16ClN5O3. The number of hydrogen-bond acceptors (Lipinski definition) is 4. The molecular weight excluding hydrogens is 358 g/mol. The van der Waals surface area contributed by atoms with Crippen molar-refractivity contribution in [2.24, 2.45) is 0 Å². The number of amides is 1. The molecule has 3 rings (SSSR count). The van der Waals surface area contributed by atoms with Crippen LogP contribution in [0, 0.1) is 6.92 Å². The van der Waals surface area contributed by atoms with E-state index >= 15 is 0 Å². The number of carbonyl (C=O) groups excluding carboxylic acids is 1. The first-order valence-corrected chi connectivity index (χ1v) is 8.13. The Morgan fingerprint density at radius 2 is 2.04 bits per heavy atom. The molecule has 0 atom stereocenters. The second kappa shape index (κ2) is 7.40. The van der Waals surface area contributed by atoms with Crippen LogP contribution in [0.2, 0.25) is 5.02 Å². The van der Waals surface area contributed by atoms with Crippen molar-refractivity contribution in [3.63, 3.8) is 0 Å². The highest BCUT2D eigenvalue weighted by Gasteiger charge is 2.13. The van der Waals surface area contributed by atoms with Gasteiger partial charge < -0.3 is 10.4 Å². The van der Waals surface area contributed by atoms with Gasteiger partial charge in [-0.3, -0.25) is 14.2 Å². The van der Waals surface area contributed by atoms with Crippen LogP contribution in [0.1, 0.15) is 21.6 Å². The third-order valence-corrected chi connectivity index (χ3v) is 3.84. The topological polar surface area (TPSA) is 102 Å². The highest BCUT2D eigenvalue weighted by atomic mass is 35.5. The zero-order chi connectivity index (χ0) is 18.7. The van der Waals surface area contributed by atoms with Crippen LogP contribution < -0.4 is 5.32 Å². The molecule has 26 heavy (non-hydrogen) atoms. The first-order chi connectivity index (χ1) is 12.4. The summed E-state index contributed by atoms with van der Waals surface area (Å²) in [4.78, 5) is 22.9. The minimum absolute atomic E-state index is 0.127. The van der Waals surface area contributed by atoms with Crippen molar-refractivity contribution >= 4 is 29.3 Å². The van der Waals surface area contributed by atoms with E-state index in [2.05, 4.69) is 15.5 Å². The molecule has 0 aliphatic carbocycles. The van der Waals surface area contributed by atoms with E-state index < -0.39 is 11.9 Å². The van der Waals surface area contributed by atoms with Gasteiger partial charge in [-0.05, 0) is 18.6 Å². The van der Waals surface area contributed by atoms with Gasteiger partial charge in [-0.1, -0.05) is 41.4 Å². The molecule has 8 nitrogen and oxygen atoms in total. The van der Waals surface area contributed by atoms with Gasteiger partial charge in [0.1, 0.15) is 11.6 Å². The van der Waals surface area contributed by atoms with Crippen LogP contribution in [0.5, 0.6) is 0 Å². The zero-order valence-electron chi connectivity index (χ0n) is 13.9. The van der Waals surface area contributed by atoms with E-state index in [1.807, 2.05) is 31.2 Å². The van der Waals surface area contributed by atoms with Crippen LogP contribution in [0.4, 0.5) is 5.82 Å². The minimum Gasteiger partial charge on any atom is -0.476 e. The Balaban J connectivity index is 1.65. The lowest BCUT2D eigenvalue weighted by Gasteiger charge is -2.04. The summed E-state index contributed by atoms with van der Waals surface area (Å²) in [6.07, 6.45) is 3.05. The summed E-state index contributed by atoms with van der Waals surface area (Å²) in [5.74, 6) is -1.32. The molecule has 1 aromatic carbocycles. The lowest BCUT2D eigenvalue weighted by atomic mass is 10.1. The molecule has 0 unspecified atom stereocenters. The van der Waals surface area contributed by atoms with Crippen molar-refractivity contribution in [3.8, 4) is 0 Å². The van der Waals surface area contributed by atoms with E-state index in [1.54, 1.807) is 10.9 Å².